The first-order valence-electron chi connectivity index (χ1n) is 20.3. The van der Waals surface area contributed by atoms with Gasteiger partial charge in [-0.15, -0.1) is 0 Å². The van der Waals surface area contributed by atoms with Crippen LogP contribution >= 0.6 is 33.2 Å². The lowest BCUT2D eigenvalue weighted by molar-refractivity contribution is -0.187. The van der Waals surface area contributed by atoms with Crippen LogP contribution in [0.4, 0.5) is 5.69 Å². The van der Waals surface area contributed by atoms with Crippen molar-refractivity contribution in [2.24, 2.45) is 5.92 Å². The van der Waals surface area contributed by atoms with Gasteiger partial charge in [0.15, 0.2) is 0 Å². The zero-order valence-corrected chi connectivity index (χ0v) is 39.4. The van der Waals surface area contributed by atoms with Crippen LogP contribution in [0.1, 0.15) is 99.5 Å². The minimum atomic E-state index is -1.59. The number of Topliss-reactive ketones (excluding diaryl/α,β-unsaturated/α-hetero) is 1. The van der Waals surface area contributed by atoms with Gasteiger partial charge in [0, 0.05) is 56.4 Å². The maximum atomic E-state index is 14.3. The Labute approximate surface area is 368 Å². The summed E-state index contributed by atoms with van der Waals surface area (Å²) in [5.41, 5.74) is -0.675. The van der Waals surface area contributed by atoms with Crippen molar-refractivity contribution in [1.29, 1.82) is 0 Å². The number of rotatable bonds is 13. The molecule has 2 amide bonds. The summed E-state index contributed by atoms with van der Waals surface area (Å²) < 4.78 is 29.2. The first-order valence-corrected chi connectivity index (χ1v) is 22.9. The fraction of sp³-hybridized carbons (Fsp3) is 0.659. The van der Waals surface area contributed by atoms with Gasteiger partial charge in [-0.25, -0.2) is 4.79 Å². The van der Waals surface area contributed by atoms with Gasteiger partial charge in [0.25, 0.3) is 0 Å². The van der Waals surface area contributed by atoms with Gasteiger partial charge in [-0.3, -0.25) is 14.4 Å². The van der Waals surface area contributed by atoms with Crippen molar-refractivity contribution < 1.29 is 52.8 Å². The second-order valence-corrected chi connectivity index (χ2v) is 21.1. The van der Waals surface area contributed by atoms with Gasteiger partial charge in [0.1, 0.15) is 52.1 Å². The minimum absolute atomic E-state index is 0.0477. The number of anilines is 1. The van der Waals surface area contributed by atoms with Crippen molar-refractivity contribution in [3.8, 4) is 5.75 Å². The predicted molar refractivity (Wildman–Crippen MR) is 235 cm³/mol. The van der Waals surface area contributed by atoms with Crippen LogP contribution in [0.3, 0.4) is 0 Å². The fourth-order valence-electron chi connectivity index (χ4n) is 7.66. The highest BCUT2D eigenvalue weighted by Crippen LogP contribution is 2.50. The normalized spacial score (nSPS) is 29.9. The average Bonchev–Trinajstić information content (AvgIpc) is 3.87. The Morgan fingerprint density at radius 3 is 2.50 bits per heavy atom. The molecule has 4 bridgehead atoms. The predicted octanol–water partition coefficient (Wildman–Crippen LogP) is 7.07. The zero-order chi connectivity index (χ0) is 44.9. The maximum Gasteiger partial charge on any atom is 0.328 e. The molecule has 0 aliphatic carbocycles. The monoisotopic (exact) mass is 894 g/mol. The molecule has 0 spiro atoms. The van der Waals surface area contributed by atoms with Crippen LogP contribution < -0.4 is 9.64 Å². The van der Waals surface area contributed by atoms with Crippen LogP contribution in [-0.2, 0) is 49.3 Å². The highest BCUT2D eigenvalue weighted by Gasteiger charge is 2.64. The van der Waals surface area contributed by atoms with Gasteiger partial charge < -0.3 is 43.4 Å². The number of amides is 2. The number of nitrogens with zero attached hydrogens (tertiary/aromatic N) is 2. The largest absolute Gasteiger partial charge is 0.495 e. The molecule has 0 saturated carbocycles. The lowest BCUT2D eigenvalue weighted by Crippen LogP contribution is -2.53. The molecule has 3 aliphatic heterocycles. The molecule has 16 heteroatoms. The van der Waals surface area contributed by atoms with E-state index in [0.717, 1.165) is 17.6 Å². The van der Waals surface area contributed by atoms with E-state index in [1.54, 1.807) is 80.7 Å². The highest BCUT2D eigenvalue weighted by atomic mass is 35.5. The third-order valence-corrected chi connectivity index (χ3v) is 16.0. The third-order valence-electron chi connectivity index (χ3n) is 11.7. The van der Waals surface area contributed by atoms with Gasteiger partial charge in [0.2, 0.25) is 11.8 Å². The Morgan fingerprint density at radius 1 is 1.18 bits per heavy atom. The number of esters is 2. The zero-order valence-electron chi connectivity index (χ0n) is 37.0. The lowest BCUT2D eigenvalue weighted by Gasteiger charge is -2.41. The number of methoxy groups -OCH3 is 2. The molecule has 1 aromatic rings. The Hall–Kier alpha value is -3.08. The number of epoxide rings is 1. The van der Waals surface area contributed by atoms with Crippen molar-refractivity contribution in [2.45, 2.75) is 152 Å². The van der Waals surface area contributed by atoms with Gasteiger partial charge in [0.05, 0.1) is 31.7 Å². The van der Waals surface area contributed by atoms with E-state index in [4.69, 9.17) is 35.3 Å². The smallest absolute Gasteiger partial charge is 0.328 e. The second kappa shape index (κ2) is 20.4. The molecule has 1 aromatic carbocycles. The van der Waals surface area contributed by atoms with Crippen LogP contribution in [0.25, 0.3) is 0 Å². The summed E-state index contributed by atoms with van der Waals surface area (Å²) in [4.78, 5) is 69.2. The molecule has 1 unspecified atom stereocenters. The van der Waals surface area contributed by atoms with E-state index in [9.17, 15) is 29.1 Å². The lowest BCUT2D eigenvalue weighted by atomic mass is 9.78. The van der Waals surface area contributed by atoms with Gasteiger partial charge in [-0.1, -0.05) is 70.8 Å². The van der Waals surface area contributed by atoms with Gasteiger partial charge in [-0.05, 0) is 72.1 Å². The summed E-state index contributed by atoms with van der Waals surface area (Å²) in [6.07, 6.45) is 3.22. The number of carbonyl (C=O) groups excluding carboxylic acids is 5. The summed E-state index contributed by atoms with van der Waals surface area (Å²) in [7, 11) is 9.29. The number of fused-ring (bicyclic) bond motifs is 5. The number of hydrogen-bond donors (Lipinski definition) is 1. The van der Waals surface area contributed by atoms with E-state index in [0.29, 0.717) is 24.3 Å². The molecule has 9 atom stereocenters. The van der Waals surface area contributed by atoms with Crippen molar-refractivity contribution in [3.63, 3.8) is 0 Å². The first kappa shape index (κ1) is 49.6. The SMILES string of the molecule is COc1cc2cc(c1Cl)N(C)C(=O)C[C@@H](OC(=O)[C@@H](C)N(C)C(=O)CC(C)(C)SSC(C)CCC(C)=O)[C@@]1(C)O[C@@H]1[C@@H](C)[C@H]1C[C@](O)(CC(=O)O1)[C@@H](OC)/C=C/C=C(\C)C2. The number of carbonyl (C=O) groups is 5. The van der Waals surface area contributed by atoms with E-state index >= 15 is 0 Å². The Morgan fingerprint density at radius 2 is 1.87 bits per heavy atom. The van der Waals surface area contributed by atoms with Gasteiger partial charge >= 0.3 is 11.9 Å². The minimum Gasteiger partial charge on any atom is -0.495 e. The van der Waals surface area contributed by atoms with E-state index in [1.165, 1.54) is 24.0 Å². The molecule has 4 rings (SSSR count). The summed E-state index contributed by atoms with van der Waals surface area (Å²) in [5, 5.41) is 12.4. The van der Waals surface area contributed by atoms with E-state index in [2.05, 4.69) is 6.92 Å². The molecule has 2 saturated heterocycles. The molecule has 3 aliphatic rings. The van der Waals surface area contributed by atoms with Crippen molar-refractivity contribution in [2.75, 3.05) is 33.2 Å². The highest BCUT2D eigenvalue weighted by molar-refractivity contribution is 8.77. The number of halogens is 1. The molecular weight excluding hydrogens is 832 g/mol. The molecule has 334 valence electrons. The van der Waals surface area contributed by atoms with Crippen molar-refractivity contribution >= 4 is 68.4 Å². The number of aliphatic hydroxyl groups is 1. The van der Waals surface area contributed by atoms with Crippen LogP contribution in [0.5, 0.6) is 5.75 Å². The summed E-state index contributed by atoms with van der Waals surface area (Å²) >= 11 is 6.81. The van der Waals surface area contributed by atoms with Crippen LogP contribution in [0.15, 0.2) is 35.9 Å². The summed E-state index contributed by atoms with van der Waals surface area (Å²) in [6, 6.07) is 2.58. The Bertz CT molecular complexity index is 1840. The van der Waals surface area contributed by atoms with E-state index in [-0.39, 0.29) is 47.6 Å². The maximum absolute atomic E-state index is 14.3. The number of benzene rings is 1. The van der Waals surface area contributed by atoms with Crippen LogP contribution in [0, 0.1) is 5.92 Å². The molecular formula is C44H63ClN2O11S2. The quantitative estimate of drug-likeness (QED) is 0.122. The molecule has 2 fully saturated rings. The first-order chi connectivity index (χ1) is 27.9. The second-order valence-electron chi connectivity index (χ2n) is 17.4. The number of allylic oxidation sites excluding steroid dienone is 3. The van der Waals surface area contributed by atoms with Crippen LogP contribution in [0.2, 0.25) is 5.02 Å². The third kappa shape index (κ3) is 12.3. The van der Waals surface area contributed by atoms with Crippen molar-refractivity contribution in [3.05, 3.63) is 46.5 Å². The molecule has 3 heterocycles. The Kier molecular flexibility index (Phi) is 16.9. The Balaban J connectivity index is 1.65. The molecule has 0 radical (unpaired) electrons. The van der Waals surface area contributed by atoms with E-state index < -0.39 is 70.2 Å². The number of likely N-dealkylation sites (N-methyl/N-ethyl adjacent to an activating group) is 1. The number of hydrogen-bond acceptors (Lipinski definition) is 13. The summed E-state index contributed by atoms with van der Waals surface area (Å²) in [5.74, 6) is -2.03. The summed E-state index contributed by atoms with van der Waals surface area (Å²) in [6.45, 7) is 14.6. The van der Waals surface area contributed by atoms with Crippen molar-refractivity contribution in [1.82, 2.24) is 4.90 Å². The number of ketones is 1. The number of ether oxygens (including phenoxy) is 5. The molecule has 13 nitrogen and oxygen atoms in total. The topological polar surface area (TPSA) is 162 Å². The standard InChI is InChI=1S/C44H63ClN2O11S2/c1-25-14-13-15-34(55-12)44(53)22-33(56-38(51)24-44)28(4)40-43(8,58-40)35(21-36(49)47(10)31-19-30(18-25)20-32(54-11)39(31)45)57-41(52)29(5)46(9)37(50)23-42(6,7)60-59-27(3)17-16-26(2)48/h13-15,19-20,27-29,33-35,40,53H,16-18,21-24H2,1-12H3/b15-13+,25-14+/t27?,28-,29+,33+,34-,35+,40+,43+,44-/m0/s1. The fourth-order valence-corrected chi connectivity index (χ4v) is 10.5. The van der Waals surface area contributed by atoms with Crippen LogP contribution in [-0.4, -0.2) is 120 Å². The average molecular weight is 896 g/mol. The molecule has 1 N–H and O–H groups in total. The molecule has 0 aromatic heterocycles. The molecule has 60 heavy (non-hydrogen) atoms. The van der Waals surface area contributed by atoms with Gasteiger partial charge in [-0.2, -0.15) is 0 Å². The van der Waals surface area contributed by atoms with E-state index in [1.807, 2.05) is 33.8 Å².